The molecule has 1 aromatic heterocycles. The van der Waals surface area contributed by atoms with Gasteiger partial charge in [-0.1, -0.05) is 18.2 Å². The van der Waals surface area contributed by atoms with Crippen LogP contribution in [-0.2, 0) is 7.05 Å². The number of aryl methyl sites for hydroxylation is 1. The lowest BCUT2D eigenvalue weighted by atomic mass is 10.1. The summed E-state index contributed by atoms with van der Waals surface area (Å²) < 4.78 is 1.82. The molecule has 0 atom stereocenters. The van der Waals surface area contributed by atoms with E-state index in [4.69, 9.17) is 0 Å². The van der Waals surface area contributed by atoms with E-state index in [1.807, 2.05) is 42.1 Å². The molecular weight excluding hydrogens is 212 g/mol. The molecule has 0 fully saturated rings. The Morgan fingerprint density at radius 3 is 3.00 bits per heavy atom. The van der Waals surface area contributed by atoms with Crippen molar-refractivity contribution in [1.82, 2.24) is 9.78 Å². The lowest BCUT2D eigenvalue weighted by Crippen LogP contribution is -1.89. The quantitative estimate of drug-likeness (QED) is 0.688. The topological polar surface area (TPSA) is 38.0 Å². The number of hydrogen-bond acceptors (Lipinski definition) is 2. The van der Waals surface area contributed by atoms with E-state index in [0.29, 0.717) is 0 Å². The highest BCUT2D eigenvalue weighted by Crippen LogP contribution is 2.28. The third-order valence-corrected chi connectivity index (χ3v) is 2.82. The predicted molar refractivity (Wildman–Crippen MR) is 66.7 cm³/mol. The van der Waals surface area contributed by atoms with E-state index in [9.17, 15) is 5.11 Å². The molecule has 3 rings (SSSR count). The summed E-state index contributed by atoms with van der Waals surface area (Å²) in [5.41, 5.74) is 2.83. The van der Waals surface area contributed by atoms with Crippen LogP contribution in [0.15, 0.2) is 42.5 Å². The van der Waals surface area contributed by atoms with Gasteiger partial charge in [0.1, 0.15) is 11.4 Å². The van der Waals surface area contributed by atoms with Crippen molar-refractivity contribution in [1.29, 1.82) is 0 Å². The monoisotopic (exact) mass is 223 g/mol. The lowest BCUT2D eigenvalue weighted by molar-refractivity contribution is 0.475. The van der Waals surface area contributed by atoms with Crippen molar-refractivity contribution >= 4 is 10.9 Å². The molecule has 2 aromatic carbocycles. The Kier molecular flexibility index (Phi) is 2.11. The standard InChI is InChI=1S/C14H11N2O/c1-16-13-8-3-2-7-12(13)14(15-16)10-5-4-6-11(17)9-10/h2,4-9,17H,1H3. The van der Waals surface area contributed by atoms with E-state index in [1.165, 1.54) is 0 Å². The second-order valence-corrected chi connectivity index (χ2v) is 3.97. The van der Waals surface area contributed by atoms with Crippen molar-refractivity contribution in [2.45, 2.75) is 0 Å². The van der Waals surface area contributed by atoms with Gasteiger partial charge in [-0.2, -0.15) is 5.10 Å². The van der Waals surface area contributed by atoms with Crippen LogP contribution in [0.5, 0.6) is 5.75 Å². The number of rotatable bonds is 1. The first-order valence-corrected chi connectivity index (χ1v) is 5.38. The van der Waals surface area contributed by atoms with Gasteiger partial charge in [-0.25, -0.2) is 0 Å². The van der Waals surface area contributed by atoms with Crippen molar-refractivity contribution in [3.8, 4) is 17.0 Å². The molecule has 0 saturated carbocycles. The maximum absolute atomic E-state index is 9.51. The molecule has 3 heteroatoms. The fraction of sp³-hybridized carbons (Fsp3) is 0.0714. The van der Waals surface area contributed by atoms with Crippen molar-refractivity contribution in [2.24, 2.45) is 7.05 Å². The van der Waals surface area contributed by atoms with Gasteiger partial charge >= 0.3 is 0 Å². The van der Waals surface area contributed by atoms with Crippen molar-refractivity contribution < 1.29 is 5.11 Å². The molecule has 0 aliphatic rings. The molecule has 0 aliphatic heterocycles. The summed E-state index contributed by atoms with van der Waals surface area (Å²) in [5.74, 6) is 0.254. The first-order valence-electron chi connectivity index (χ1n) is 5.38. The maximum atomic E-state index is 9.51. The SMILES string of the molecule is Cn1nc(-c2cccc(O)c2)c2cc[c]cc21. The Morgan fingerprint density at radius 1 is 1.29 bits per heavy atom. The summed E-state index contributed by atoms with van der Waals surface area (Å²) in [7, 11) is 1.91. The number of aromatic nitrogens is 2. The minimum atomic E-state index is 0.254. The Hall–Kier alpha value is -2.29. The van der Waals surface area contributed by atoms with Gasteiger partial charge in [0.15, 0.2) is 0 Å². The molecule has 17 heavy (non-hydrogen) atoms. The highest BCUT2D eigenvalue weighted by atomic mass is 16.3. The Bertz CT molecular complexity index is 686. The van der Waals surface area contributed by atoms with Gasteiger partial charge in [0.2, 0.25) is 0 Å². The molecule has 0 bridgehead atoms. The Morgan fingerprint density at radius 2 is 2.18 bits per heavy atom. The summed E-state index contributed by atoms with van der Waals surface area (Å²) in [5, 5.41) is 15.1. The predicted octanol–water partition coefficient (Wildman–Crippen LogP) is 2.75. The van der Waals surface area contributed by atoms with Crippen LogP contribution in [0.25, 0.3) is 22.2 Å². The molecular formula is C14H11N2O. The van der Waals surface area contributed by atoms with E-state index in [1.54, 1.807) is 12.1 Å². The summed E-state index contributed by atoms with van der Waals surface area (Å²) in [6.45, 7) is 0. The Labute approximate surface area is 98.9 Å². The van der Waals surface area contributed by atoms with E-state index in [-0.39, 0.29) is 5.75 Å². The van der Waals surface area contributed by atoms with Crippen LogP contribution in [0.4, 0.5) is 0 Å². The maximum Gasteiger partial charge on any atom is 0.116 e. The zero-order valence-corrected chi connectivity index (χ0v) is 9.38. The van der Waals surface area contributed by atoms with E-state index in [2.05, 4.69) is 11.2 Å². The lowest BCUT2D eigenvalue weighted by Gasteiger charge is -1.98. The average Bonchev–Trinajstić information content (AvgIpc) is 2.68. The third-order valence-electron chi connectivity index (χ3n) is 2.82. The third kappa shape index (κ3) is 1.56. The van der Waals surface area contributed by atoms with E-state index < -0.39 is 0 Å². The normalized spacial score (nSPS) is 10.9. The summed E-state index contributed by atoms with van der Waals surface area (Å²) >= 11 is 0. The van der Waals surface area contributed by atoms with Crippen LogP contribution in [-0.4, -0.2) is 14.9 Å². The van der Waals surface area contributed by atoms with Crippen LogP contribution in [0.2, 0.25) is 0 Å². The molecule has 0 unspecified atom stereocenters. The number of nitrogens with zero attached hydrogens (tertiary/aromatic N) is 2. The molecule has 0 spiro atoms. The molecule has 0 aliphatic carbocycles. The van der Waals surface area contributed by atoms with Gasteiger partial charge in [0.05, 0.1) is 5.52 Å². The molecule has 3 nitrogen and oxygen atoms in total. The zero-order valence-electron chi connectivity index (χ0n) is 9.38. The van der Waals surface area contributed by atoms with Gasteiger partial charge in [-0.15, -0.1) is 0 Å². The van der Waals surface area contributed by atoms with Crippen LogP contribution < -0.4 is 0 Å². The zero-order chi connectivity index (χ0) is 11.8. The number of aromatic hydroxyl groups is 1. The number of phenols is 1. The van der Waals surface area contributed by atoms with Gasteiger partial charge in [-0.05, 0) is 30.3 Å². The minimum absolute atomic E-state index is 0.254. The fourth-order valence-electron chi connectivity index (χ4n) is 2.01. The van der Waals surface area contributed by atoms with Gasteiger partial charge in [0.25, 0.3) is 0 Å². The molecule has 1 radical (unpaired) electrons. The summed E-state index contributed by atoms with van der Waals surface area (Å²) in [6, 6.07) is 16.0. The van der Waals surface area contributed by atoms with Gasteiger partial charge in [-0.3, -0.25) is 4.68 Å². The minimum Gasteiger partial charge on any atom is -0.508 e. The molecule has 3 aromatic rings. The van der Waals surface area contributed by atoms with Gasteiger partial charge < -0.3 is 5.11 Å². The van der Waals surface area contributed by atoms with E-state index in [0.717, 1.165) is 22.2 Å². The number of phenolic OH excluding ortho intramolecular Hbond substituents is 1. The van der Waals surface area contributed by atoms with Crippen molar-refractivity contribution in [3.63, 3.8) is 0 Å². The van der Waals surface area contributed by atoms with Crippen LogP contribution in [0.1, 0.15) is 0 Å². The number of benzene rings is 2. The Balaban J connectivity index is 2.31. The summed E-state index contributed by atoms with van der Waals surface area (Å²) in [6.07, 6.45) is 0. The second-order valence-electron chi connectivity index (χ2n) is 3.97. The van der Waals surface area contributed by atoms with Crippen LogP contribution in [0, 0.1) is 6.07 Å². The van der Waals surface area contributed by atoms with Crippen LogP contribution in [0.3, 0.4) is 0 Å². The smallest absolute Gasteiger partial charge is 0.116 e. The molecule has 83 valence electrons. The van der Waals surface area contributed by atoms with Crippen molar-refractivity contribution in [3.05, 3.63) is 48.5 Å². The highest BCUT2D eigenvalue weighted by Gasteiger charge is 2.09. The molecule has 1 N–H and O–H groups in total. The first kappa shape index (κ1) is 9.90. The molecule has 0 amide bonds. The average molecular weight is 223 g/mol. The van der Waals surface area contributed by atoms with Gasteiger partial charge in [0, 0.05) is 18.0 Å². The fourth-order valence-corrected chi connectivity index (χ4v) is 2.01. The first-order chi connectivity index (χ1) is 8.25. The molecule has 0 saturated heterocycles. The summed E-state index contributed by atoms with van der Waals surface area (Å²) in [4.78, 5) is 0. The molecule has 1 heterocycles. The van der Waals surface area contributed by atoms with Crippen LogP contribution >= 0.6 is 0 Å². The second kappa shape index (κ2) is 3.63. The van der Waals surface area contributed by atoms with E-state index >= 15 is 0 Å². The number of hydrogen-bond donors (Lipinski definition) is 1. The number of fused-ring (bicyclic) bond motifs is 1. The highest BCUT2D eigenvalue weighted by molar-refractivity contribution is 5.93. The largest absolute Gasteiger partial charge is 0.508 e. The van der Waals surface area contributed by atoms with Crippen molar-refractivity contribution in [2.75, 3.05) is 0 Å².